The Morgan fingerprint density at radius 2 is 0.741 bits per heavy atom. The maximum absolute atomic E-state index is 2.37. The molecule has 0 bridgehead atoms. The third-order valence-electron chi connectivity index (χ3n) is 10.6. The quantitative estimate of drug-likeness (QED) is 0.162. The molecule has 9 aromatic carbocycles. The van der Waals surface area contributed by atoms with Crippen molar-refractivity contribution in [2.75, 3.05) is 4.90 Å². The predicted molar refractivity (Wildman–Crippen MR) is 229 cm³/mol. The van der Waals surface area contributed by atoms with Crippen LogP contribution in [0.3, 0.4) is 0 Å². The van der Waals surface area contributed by atoms with Crippen LogP contribution < -0.4 is 4.90 Å². The third kappa shape index (κ3) is 5.53. The number of para-hydroxylation sites is 3. The number of fused-ring (bicyclic) bond motifs is 4. The molecule has 0 radical (unpaired) electrons. The maximum atomic E-state index is 2.37. The van der Waals surface area contributed by atoms with Crippen LogP contribution in [0.4, 0.5) is 17.1 Å². The Kier molecular flexibility index (Phi) is 7.85. The topological polar surface area (TPSA) is 8.17 Å². The summed E-state index contributed by atoms with van der Waals surface area (Å²) in [5.74, 6) is 0. The van der Waals surface area contributed by atoms with E-state index in [0.29, 0.717) is 0 Å². The van der Waals surface area contributed by atoms with Crippen molar-refractivity contribution in [2.24, 2.45) is 0 Å². The van der Waals surface area contributed by atoms with Crippen molar-refractivity contribution >= 4 is 49.6 Å². The highest BCUT2D eigenvalue weighted by molar-refractivity contribution is 6.12. The van der Waals surface area contributed by atoms with Gasteiger partial charge in [0.05, 0.1) is 11.0 Å². The van der Waals surface area contributed by atoms with Gasteiger partial charge in [-0.25, -0.2) is 0 Å². The first-order valence-corrected chi connectivity index (χ1v) is 18.5. The Morgan fingerprint density at radius 1 is 0.278 bits per heavy atom. The molecular formula is C52H36N2. The normalized spacial score (nSPS) is 11.3. The summed E-state index contributed by atoms with van der Waals surface area (Å²) in [6.45, 7) is 0. The molecule has 0 spiro atoms. The van der Waals surface area contributed by atoms with Crippen LogP contribution in [-0.2, 0) is 0 Å². The second-order valence-electron chi connectivity index (χ2n) is 13.8. The molecule has 0 amide bonds. The van der Waals surface area contributed by atoms with Gasteiger partial charge in [0.15, 0.2) is 0 Å². The van der Waals surface area contributed by atoms with Gasteiger partial charge in [0, 0.05) is 33.5 Å². The smallest absolute Gasteiger partial charge is 0.0541 e. The molecule has 1 aromatic heterocycles. The highest BCUT2D eigenvalue weighted by atomic mass is 15.1. The predicted octanol–water partition coefficient (Wildman–Crippen LogP) is 14.4. The number of rotatable bonds is 7. The summed E-state index contributed by atoms with van der Waals surface area (Å²) in [7, 11) is 0. The second kappa shape index (κ2) is 13.4. The number of hydrogen-bond acceptors (Lipinski definition) is 1. The van der Waals surface area contributed by atoms with Gasteiger partial charge in [-0.3, -0.25) is 0 Å². The molecule has 254 valence electrons. The SMILES string of the molecule is c1ccc(-c2ccc(N(c3ccccc3)c3ccc(-c4cccc5c(-c6ccc7c(c6)c6ccccc6n7-c6ccccc6)cccc45)cc3)cc2)cc1. The highest BCUT2D eigenvalue weighted by Crippen LogP contribution is 2.40. The summed E-state index contributed by atoms with van der Waals surface area (Å²) in [5.41, 5.74) is 14.2. The maximum Gasteiger partial charge on any atom is 0.0541 e. The van der Waals surface area contributed by atoms with Crippen LogP contribution >= 0.6 is 0 Å². The van der Waals surface area contributed by atoms with E-state index in [1.807, 2.05) is 0 Å². The van der Waals surface area contributed by atoms with Crippen molar-refractivity contribution in [1.29, 1.82) is 0 Å². The molecule has 54 heavy (non-hydrogen) atoms. The largest absolute Gasteiger partial charge is 0.311 e. The fourth-order valence-corrected chi connectivity index (χ4v) is 8.06. The minimum Gasteiger partial charge on any atom is -0.311 e. The molecule has 0 atom stereocenters. The Labute approximate surface area is 315 Å². The first-order valence-electron chi connectivity index (χ1n) is 18.5. The van der Waals surface area contributed by atoms with Crippen LogP contribution in [0.2, 0.25) is 0 Å². The van der Waals surface area contributed by atoms with E-state index in [-0.39, 0.29) is 0 Å². The molecule has 0 aliphatic heterocycles. The van der Waals surface area contributed by atoms with E-state index < -0.39 is 0 Å². The molecule has 2 nitrogen and oxygen atoms in total. The summed E-state index contributed by atoms with van der Waals surface area (Å²) < 4.78 is 2.37. The van der Waals surface area contributed by atoms with Crippen LogP contribution in [-0.4, -0.2) is 4.57 Å². The average Bonchev–Trinajstić information content (AvgIpc) is 3.58. The molecule has 0 aliphatic carbocycles. The van der Waals surface area contributed by atoms with Crippen LogP contribution in [0, 0.1) is 0 Å². The molecule has 0 unspecified atom stereocenters. The zero-order valence-corrected chi connectivity index (χ0v) is 29.7. The van der Waals surface area contributed by atoms with Crippen LogP contribution in [0.5, 0.6) is 0 Å². The summed E-state index contributed by atoms with van der Waals surface area (Å²) in [5, 5.41) is 5.00. The van der Waals surface area contributed by atoms with Crippen molar-refractivity contribution in [2.45, 2.75) is 0 Å². The van der Waals surface area contributed by atoms with E-state index in [9.17, 15) is 0 Å². The lowest BCUT2D eigenvalue weighted by molar-refractivity contribution is 1.18. The summed E-state index contributed by atoms with van der Waals surface area (Å²) in [6, 6.07) is 78.7. The van der Waals surface area contributed by atoms with Gasteiger partial charge < -0.3 is 9.47 Å². The van der Waals surface area contributed by atoms with Crippen molar-refractivity contribution in [1.82, 2.24) is 4.57 Å². The van der Waals surface area contributed by atoms with Crippen LogP contribution in [0.1, 0.15) is 0 Å². The molecule has 10 aromatic rings. The first-order chi connectivity index (χ1) is 26.8. The van der Waals surface area contributed by atoms with Gasteiger partial charge in [0.1, 0.15) is 0 Å². The zero-order chi connectivity index (χ0) is 35.8. The van der Waals surface area contributed by atoms with Gasteiger partial charge in [0.2, 0.25) is 0 Å². The Bertz CT molecular complexity index is 2890. The van der Waals surface area contributed by atoms with Gasteiger partial charge in [-0.1, -0.05) is 152 Å². The third-order valence-corrected chi connectivity index (χ3v) is 10.6. The molecular weight excluding hydrogens is 653 g/mol. The minimum absolute atomic E-state index is 1.11. The lowest BCUT2D eigenvalue weighted by Gasteiger charge is -2.26. The summed E-state index contributed by atoms with van der Waals surface area (Å²) in [4.78, 5) is 2.32. The standard InChI is InChI=1S/C52H36N2/c1-4-14-37(15-5-1)38-26-31-43(32-27-38)53(41-16-6-2-7-17-41)44-33-28-39(29-34-44)45-21-12-24-48-46(22-13-23-47(45)48)40-30-35-52-50(36-40)49-20-10-11-25-51(49)54(52)42-18-8-3-9-19-42/h1-36H. The van der Waals surface area contributed by atoms with Gasteiger partial charge in [-0.2, -0.15) is 0 Å². The van der Waals surface area contributed by atoms with Crippen LogP contribution in [0.15, 0.2) is 218 Å². The monoisotopic (exact) mass is 688 g/mol. The van der Waals surface area contributed by atoms with E-state index in [4.69, 9.17) is 0 Å². The zero-order valence-electron chi connectivity index (χ0n) is 29.7. The average molecular weight is 689 g/mol. The van der Waals surface area contributed by atoms with Gasteiger partial charge >= 0.3 is 0 Å². The van der Waals surface area contributed by atoms with Gasteiger partial charge in [-0.15, -0.1) is 0 Å². The van der Waals surface area contributed by atoms with E-state index >= 15 is 0 Å². The van der Waals surface area contributed by atoms with E-state index in [1.165, 1.54) is 71.6 Å². The lowest BCUT2D eigenvalue weighted by Crippen LogP contribution is -2.09. The molecule has 2 heteroatoms. The minimum atomic E-state index is 1.11. The molecule has 0 fully saturated rings. The van der Waals surface area contributed by atoms with Crippen LogP contribution in [0.25, 0.3) is 71.6 Å². The fraction of sp³-hybridized carbons (Fsp3) is 0. The van der Waals surface area contributed by atoms with Crippen molar-refractivity contribution in [3.63, 3.8) is 0 Å². The number of anilines is 3. The molecule has 10 rings (SSSR count). The molecule has 1 heterocycles. The number of nitrogens with zero attached hydrogens (tertiary/aromatic N) is 2. The first kappa shape index (κ1) is 31.6. The number of hydrogen-bond donors (Lipinski definition) is 0. The Balaban J connectivity index is 1.03. The van der Waals surface area contributed by atoms with Crippen molar-refractivity contribution in [3.8, 4) is 39.1 Å². The molecule has 0 aliphatic rings. The van der Waals surface area contributed by atoms with Gasteiger partial charge in [0.25, 0.3) is 0 Å². The number of benzene rings is 9. The van der Waals surface area contributed by atoms with Crippen molar-refractivity contribution in [3.05, 3.63) is 218 Å². The fourth-order valence-electron chi connectivity index (χ4n) is 8.06. The van der Waals surface area contributed by atoms with E-state index in [1.54, 1.807) is 0 Å². The molecule has 0 saturated heterocycles. The van der Waals surface area contributed by atoms with E-state index in [2.05, 4.69) is 228 Å². The Hall–Kier alpha value is -7.16. The van der Waals surface area contributed by atoms with Gasteiger partial charge in [-0.05, 0) is 111 Å². The lowest BCUT2D eigenvalue weighted by atomic mass is 9.92. The summed E-state index contributed by atoms with van der Waals surface area (Å²) in [6.07, 6.45) is 0. The summed E-state index contributed by atoms with van der Waals surface area (Å²) >= 11 is 0. The molecule has 0 saturated carbocycles. The number of aromatic nitrogens is 1. The Morgan fingerprint density at radius 3 is 1.41 bits per heavy atom. The second-order valence-corrected chi connectivity index (χ2v) is 13.8. The van der Waals surface area contributed by atoms with E-state index in [0.717, 1.165) is 17.1 Å². The van der Waals surface area contributed by atoms with Crippen molar-refractivity contribution < 1.29 is 0 Å². The highest BCUT2D eigenvalue weighted by Gasteiger charge is 2.16. The molecule has 0 N–H and O–H groups in total.